The van der Waals surface area contributed by atoms with Gasteiger partial charge in [-0.2, -0.15) is 0 Å². The van der Waals surface area contributed by atoms with Crippen molar-refractivity contribution >= 4 is 22.5 Å². The molecule has 1 amide bonds. The number of fused-ring (bicyclic) bond motifs is 1. The number of carbonyl (C=O) groups excluding carboxylic acids is 1. The number of halogens is 3. The molecule has 0 unspecified atom stereocenters. The number of piperazine rings is 1. The van der Waals surface area contributed by atoms with Crippen LogP contribution < -0.4 is 4.74 Å². The highest BCUT2D eigenvalue weighted by molar-refractivity contribution is 6.07. The third kappa shape index (κ3) is 4.83. The Bertz CT molecular complexity index is 1140. The number of carbonyl (C=O) groups is 1. The molecule has 0 aliphatic carbocycles. The van der Waals surface area contributed by atoms with Crippen LogP contribution in [0.3, 0.4) is 0 Å². The smallest absolute Gasteiger partial charge is 0.406 e. The third-order valence-electron chi connectivity index (χ3n) is 5.33. The van der Waals surface area contributed by atoms with Crippen molar-refractivity contribution < 1.29 is 27.6 Å². The number of nitrogens with zero attached hydrogens (tertiary/aromatic N) is 3. The number of aromatic amines is 1. The number of benzene rings is 2. The summed E-state index contributed by atoms with van der Waals surface area (Å²) in [5.41, 5.74) is 1.79. The van der Waals surface area contributed by atoms with Crippen molar-refractivity contribution in [3.8, 4) is 5.75 Å². The van der Waals surface area contributed by atoms with Gasteiger partial charge in [-0.05, 0) is 23.8 Å². The summed E-state index contributed by atoms with van der Waals surface area (Å²) in [4.78, 5) is 30.3. The maximum absolute atomic E-state index is 13.0. The van der Waals surface area contributed by atoms with Crippen molar-refractivity contribution in [2.45, 2.75) is 12.9 Å². The van der Waals surface area contributed by atoms with Gasteiger partial charge in [0.25, 0.3) is 11.6 Å². The van der Waals surface area contributed by atoms with E-state index < -0.39 is 11.3 Å². The van der Waals surface area contributed by atoms with Gasteiger partial charge in [-0.15, -0.1) is 13.2 Å². The summed E-state index contributed by atoms with van der Waals surface area (Å²) in [5, 5.41) is 11.6. The van der Waals surface area contributed by atoms with Crippen molar-refractivity contribution in [3.05, 3.63) is 69.9 Å². The highest BCUT2D eigenvalue weighted by Gasteiger charge is 2.31. The van der Waals surface area contributed by atoms with Crippen LogP contribution in [0.25, 0.3) is 10.9 Å². The van der Waals surface area contributed by atoms with Crippen LogP contribution in [0.15, 0.2) is 48.7 Å². The van der Waals surface area contributed by atoms with Crippen LogP contribution in [0, 0.1) is 10.1 Å². The summed E-state index contributed by atoms with van der Waals surface area (Å²) in [6.45, 7) is 2.66. The minimum atomic E-state index is -4.72. The van der Waals surface area contributed by atoms with Crippen LogP contribution in [0.2, 0.25) is 0 Å². The van der Waals surface area contributed by atoms with Gasteiger partial charge in [-0.3, -0.25) is 19.8 Å². The molecule has 11 heteroatoms. The van der Waals surface area contributed by atoms with E-state index in [2.05, 4.69) is 14.6 Å². The number of non-ortho nitro benzene ring substituents is 1. The molecule has 0 saturated carbocycles. The normalized spacial score (nSPS) is 15.2. The molecule has 0 radical (unpaired) electrons. The summed E-state index contributed by atoms with van der Waals surface area (Å²) < 4.78 is 40.7. The Kier molecular flexibility index (Phi) is 5.74. The fourth-order valence-corrected chi connectivity index (χ4v) is 3.73. The quantitative estimate of drug-likeness (QED) is 0.472. The van der Waals surface area contributed by atoms with Crippen LogP contribution in [-0.2, 0) is 6.54 Å². The molecule has 1 aliphatic heterocycles. The van der Waals surface area contributed by atoms with Gasteiger partial charge in [-0.1, -0.05) is 12.1 Å². The van der Waals surface area contributed by atoms with Gasteiger partial charge in [0.15, 0.2) is 0 Å². The highest BCUT2D eigenvalue weighted by Crippen LogP contribution is 2.26. The van der Waals surface area contributed by atoms with Crippen LogP contribution in [0.1, 0.15) is 15.9 Å². The number of H-pyrrole nitrogens is 1. The van der Waals surface area contributed by atoms with Gasteiger partial charge in [-0.25, -0.2) is 0 Å². The van der Waals surface area contributed by atoms with E-state index in [-0.39, 0.29) is 17.3 Å². The van der Waals surface area contributed by atoms with Crippen LogP contribution in [0.4, 0.5) is 18.9 Å². The standard InChI is InChI=1S/C21H19F3N4O4/c22-21(23,24)32-16-4-1-14(2-5-16)13-26-7-9-27(10-8-26)20(29)18-12-25-19-6-3-15(28(30)31)11-17(18)19/h1-6,11-12,25H,7-10,13H2. The number of nitrogens with one attached hydrogen (secondary N) is 1. The number of aromatic nitrogens is 1. The van der Waals surface area contributed by atoms with Crippen molar-refractivity contribution in [1.82, 2.24) is 14.8 Å². The molecule has 0 spiro atoms. The Morgan fingerprint density at radius 3 is 2.41 bits per heavy atom. The first kappa shape index (κ1) is 21.6. The molecule has 4 rings (SSSR count). The van der Waals surface area contributed by atoms with Gasteiger partial charge in [0.05, 0.1) is 10.5 Å². The minimum Gasteiger partial charge on any atom is -0.406 e. The molecule has 1 N–H and O–H groups in total. The molecule has 1 aromatic heterocycles. The molecule has 2 heterocycles. The molecular formula is C21H19F3N4O4. The summed E-state index contributed by atoms with van der Waals surface area (Å²) in [6.07, 6.45) is -3.16. The first-order chi connectivity index (χ1) is 15.2. The zero-order chi connectivity index (χ0) is 22.9. The number of nitro groups is 1. The van der Waals surface area contributed by atoms with E-state index in [0.717, 1.165) is 5.56 Å². The average molecular weight is 448 g/mol. The molecule has 1 saturated heterocycles. The van der Waals surface area contributed by atoms with Crippen molar-refractivity contribution in [1.29, 1.82) is 0 Å². The van der Waals surface area contributed by atoms with Crippen LogP contribution in [-0.4, -0.2) is 58.2 Å². The van der Waals surface area contributed by atoms with E-state index >= 15 is 0 Å². The van der Waals surface area contributed by atoms with Gasteiger partial charge >= 0.3 is 6.36 Å². The molecule has 0 atom stereocenters. The molecule has 0 bridgehead atoms. The number of rotatable bonds is 5. The van der Waals surface area contributed by atoms with Gasteiger partial charge in [0.1, 0.15) is 5.75 Å². The molecule has 168 valence electrons. The number of hydrogen-bond acceptors (Lipinski definition) is 5. The Hall–Kier alpha value is -3.60. The Labute approximate surface area is 180 Å². The van der Waals surface area contributed by atoms with Gasteiger partial charge in [0, 0.05) is 62.0 Å². The highest BCUT2D eigenvalue weighted by atomic mass is 19.4. The van der Waals surface area contributed by atoms with Crippen molar-refractivity contribution in [2.24, 2.45) is 0 Å². The Balaban J connectivity index is 1.36. The predicted molar refractivity (Wildman–Crippen MR) is 109 cm³/mol. The summed E-state index contributed by atoms with van der Waals surface area (Å²) in [6, 6.07) is 10.1. The van der Waals surface area contributed by atoms with E-state index in [4.69, 9.17) is 0 Å². The lowest BCUT2D eigenvalue weighted by atomic mass is 10.1. The molecule has 3 aromatic rings. The summed E-state index contributed by atoms with van der Waals surface area (Å²) in [5.74, 6) is -0.472. The lowest BCUT2D eigenvalue weighted by molar-refractivity contribution is -0.384. The zero-order valence-corrected chi connectivity index (χ0v) is 16.8. The average Bonchev–Trinajstić information content (AvgIpc) is 3.17. The van der Waals surface area contributed by atoms with Crippen molar-refractivity contribution in [2.75, 3.05) is 26.2 Å². The maximum atomic E-state index is 13.0. The molecule has 1 aliphatic rings. The van der Waals surface area contributed by atoms with E-state index in [1.807, 2.05) is 0 Å². The lowest BCUT2D eigenvalue weighted by Gasteiger charge is -2.34. The topological polar surface area (TPSA) is 91.7 Å². The SMILES string of the molecule is O=C(c1c[nH]c2ccc([N+](=O)[O-])cc12)N1CCN(Cc2ccc(OC(F)(F)F)cc2)CC1. The largest absolute Gasteiger partial charge is 0.573 e. The second-order valence-electron chi connectivity index (χ2n) is 7.45. The third-order valence-corrected chi connectivity index (χ3v) is 5.33. The summed E-state index contributed by atoms with van der Waals surface area (Å²) in [7, 11) is 0. The molecule has 8 nitrogen and oxygen atoms in total. The van der Waals surface area contributed by atoms with E-state index in [1.54, 1.807) is 29.3 Å². The Morgan fingerprint density at radius 1 is 1.09 bits per heavy atom. The zero-order valence-electron chi connectivity index (χ0n) is 16.8. The number of nitro benzene ring substituents is 1. The van der Waals surface area contributed by atoms with E-state index in [1.165, 1.54) is 24.3 Å². The van der Waals surface area contributed by atoms with Crippen LogP contribution >= 0.6 is 0 Å². The fourth-order valence-electron chi connectivity index (χ4n) is 3.73. The second-order valence-corrected chi connectivity index (χ2v) is 7.45. The summed E-state index contributed by atoms with van der Waals surface area (Å²) >= 11 is 0. The Morgan fingerprint density at radius 2 is 1.78 bits per heavy atom. The second kappa shape index (κ2) is 8.50. The number of alkyl halides is 3. The van der Waals surface area contributed by atoms with E-state index in [0.29, 0.717) is 49.2 Å². The fraction of sp³-hybridized carbons (Fsp3) is 0.286. The monoisotopic (exact) mass is 448 g/mol. The lowest BCUT2D eigenvalue weighted by Crippen LogP contribution is -2.48. The molecule has 32 heavy (non-hydrogen) atoms. The predicted octanol–water partition coefficient (Wildman–Crippen LogP) is 3.93. The minimum absolute atomic E-state index is 0.0809. The first-order valence-electron chi connectivity index (χ1n) is 9.81. The van der Waals surface area contributed by atoms with E-state index in [9.17, 15) is 28.1 Å². The maximum Gasteiger partial charge on any atom is 0.573 e. The first-order valence-corrected chi connectivity index (χ1v) is 9.81. The number of hydrogen-bond donors (Lipinski definition) is 1. The number of ether oxygens (including phenoxy) is 1. The molecule has 1 fully saturated rings. The van der Waals surface area contributed by atoms with Crippen molar-refractivity contribution in [3.63, 3.8) is 0 Å². The molecule has 2 aromatic carbocycles. The molecular weight excluding hydrogens is 429 g/mol. The van der Waals surface area contributed by atoms with Gasteiger partial charge in [0.2, 0.25) is 0 Å². The van der Waals surface area contributed by atoms with Crippen LogP contribution in [0.5, 0.6) is 5.75 Å². The number of amides is 1. The van der Waals surface area contributed by atoms with Gasteiger partial charge < -0.3 is 14.6 Å².